The van der Waals surface area contributed by atoms with Gasteiger partial charge in [0.2, 0.25) is 0 Å². The first-order valence-electron chi connectivity index (χ1n) is 4.62. The summed E-state index contributed by atoms with van der Waals surface area (Å²) < 4.78 is 50.9. The van der Waals surface area contributed by atoms with E-state index >= 15 is 0 Å². The maximum atomic E-state index is 13.5. The lowest BCUT2D eigenvalue weighted by Gasteiger charge is -2.14. The molecule has 1 aromatic carbocycles. The van der Waals surface area contributed by atoms with Crippen molar-refractivity contribution in [1.82, 2.24) is 0 Å². The molecule has 0 saturated carbocycles. The Bertz CT molecular complexity index is 384. The van der Waals surface area contributed by atoms with Gasteiger partial charge in [-0.3, -0.25) is 4.79 Å². The Kier molecular flexibility index (Phi) is 3.67. The van der Waals surface area contributed by atoms with Gasteiger partial charge in [0, 0.05) is 6.42 Å². The molecule has 0 aliphatic rings. The molecule has 0 N–H and O–H groups in total. The summed E-state index contributed by atoms with van der Waals surface area (Å²) in [6.07, 6.45) is -7.04. The summed E-state index contributed by atoms with van der Waals surface area (Å²) in [5, 5.41) is 0. The van der Waals surface area contributed by atoms with E-state index in [2.05, 4.69) is 0 Å². The van der Waals surface area contributed by atoms with Crippen LogP contribution in [0, 0.1) is 0 Å². The van der Waals surface area contributed by atoms with Crippen molar-refractivity contribution < 1.29 is 22.4 Å². The summed E-state index contributed by atoms with van der Waals surface area (Å²) in [5.74, 6) is -0.482. The predicted molar refractivity (Wildman–Crippen MR) is 50.6 cm³/mol. The van der Waals surface area contributed by atoms with Gasteiger partial charge in [-0.05, 0) is 18.6 Å². The third-order valence-electron chi connectivity index (χ3n) is 2.07. The minimum absolute atomic E-state index is 0.481. The average Bonchev–Trinajstić information content (AvgIpc) is 2.15. The van der Waals surface area contributed by atoms with Crippen molar-refractivity contribution >= 4 is 5.78 Å². The molecule has 0 radical (unpaired) electrons. The van der Waals surface area contributed by atoms with E-state index in [1.807, 2.05) is 0 Å². The summed E-state index contributed by atoms with van der Waals surface area (Å²) >= 11 is 0. The Morgan fingerprint density at radius 1 is 1.31 bits per heavy atom. The zero-order chi connectivity index (χ0) is 12.3. The highest BCUT2D eigenvalue weighted by Gasteiger charge is 2.35. The highest BCUT2D eigenvalue weighted by Crippen LogP contribution is 2.36. The van der Waals surface area contributed by atoms with E-state index in [4.69, 9.17) is 0 Å². The molecule has 1 aromatic rings. The summed E-state index contributed by atoms with van der Waals surface area (Å²) in [6.45, 7) is 1.14. The lowest BCUT2D eigenvalue weighted by atomic mass is 10.00. The third-order valence-corrected chi connectivity index (χ3v) is 2.07. The molecule has 0 saturated heterocycles. The van der Waals surface area contributed by atoms with Gasteiger partial charge in [-0.2, -0.15) is 13.2 Å². The van der Waals surface area contributed by atoms with Crippen LogP contribution in [0.3, 0.4) is 0 Å². The topological polar surface area (TPSA) is 17.1 Å². The van der Waals surface area contributed by atoms with Crippen LogP contribution in [-0.4, -0.2) is 5.78 Å². The van der Waals surface area contributed by atoms with Crippen molar-refractivity contribution in [2.24, 2.45) is 0 Å². The number of ketones is 1. The molecule has 0 aliphatic carbocycles. The van der Waals surface area contributed by atoms with Crippen LogP contribution in [0.1, 0.15) is 30.6 Å². The van der Waals surface area contributed by atoms with E-state index in [-0.39, 0.29) is 0 Å². The Labute approximate surface area is 90.1 Å². The standard InChI is InChI=1S/C11H10F4O/c1-7(16)6-10(12)8-4-2-3-5-9(8)11(13,14)15/h2-5,10H,6H2,1H3. The molecular formula is C11H10F4O. The summed E-state index contributed by atoms with van der Waals surface area (Å²) in [6, 6.07) is 4.36. The van der Waals surface area contributed by atoms with E-state index in [0.29, 0.717) is 0 Å². The van der Waals surface area contributed by atoms with E-state index in [1.54, 1.807) is 0 Å². The Hall–Kier alpha value is -1.39. The third kappa shape index (κ3) is 3.05. The first-order chi connectivity index (χ1) is 7.32. The predicted octanol–water partition coefficient (Wildman–Crippen LogP) is 3.70. The normalized spacial score (nSPS) is 13.6. The van der Waals surface area contributed by atoms with Gasteiger partial charge in [-0.15, -0.1) is 0 Å². The van der Waals surface area contributed by atoms with Crippen molar-refractivity contribution in [2.45, 2.75) is 25.7 Å². The average molecular weight is 234 g/mol. The van der Waals surface area contributed by atoms with E-state index in [0.717, 1.165) is 19.1 Å². The van der Waals surface area contributed by atoms with Crippen LogP contribution < -0.4 is 0 Å². The summed E-state index contributed by atoms with van der Waals surface area (Å²) in [7, 11) is 0. The van der Waals surface area contributed by atoms with Crippen LogP contribution in [0.2, 0.25) is 0 Å². The molecule has 5 heteroatoms. The SMILES string of the molecule is CC(=O)CC(F)c1ccccc1C(F)(F)F. The van der Waals surface area contributed by atoms with Crippen LogP contribution >= 0.6 is 0 Å². The molecule has 1 unspecified atom stereocenters. The number of hydrogen-bond donors (Lipinski definition) is 0. The quantitative estimate of drug-likeness (QED) is 0.729. The van der Waals surface area contributed by atoms with E-state index in [9.17, 15) is 22.4 Å². The fourth-order valence-corrected chi connectivity index (χ4v) is 1.39. The zero-order valence-corrected chi connectivity index (χ0v) is 8.51. The Morgan fingerprint density at radius 3 is 2.38 bits per heavy atom. The van der Waals surface area contributed by atoms with Crippen LogP contribution in [0.15, 0.2) is 24.3 Å². The van der Waals surface area contributed by atoms with E-state index in [1.165, 1.54) is 12.1 Å². The second-order valence-corrected chi connectivity index (χ2v) is 3.46. The lowest BCUT2D eigenvalue weighted by Crippen LogP contribution is -2.11. The van der Waals surface area contributed by atoms with Crippen LogP contribution in [-0.2, 0) is 11.0 Å². The maximum absolute atomic E-state index is 13.5. The first kappa shape index (κ1) is 12.7. The number of halogens is 4. The van der Waals surface area contributed by atoms with Crippen molar-refractivity contribution in [3.05, 3.63) is 35.4 Å². The number of hydrogen-bond acceptors (Lipinski definition) is 1. The van der Waals surface area contributed by atoms with Gasteiger partial charge >= 0.3 is 6.18 Å². The molecule has 0 heterocycles. The highest BCUT2D eigenvalue weighted by molar-refractivity contribution is 5.76. The maximum Gasteiger partial charge on any atom is 0.416 e. The number of benzene rings is 1. The fraction of sp³-hybridized carbons (Fsp3) is 0.364. The van der Waals surface area contributed by atoms with Gasteiger partial charge in [-0.25, -0.2) is 4.39 Å². The van der Waals surface area contributed by atoms with Gasteiger partial charge in [0.25, 0.3) is 0 Å². The monoisotopic (exact) mass is 234 g/mol. The highest BCUT2D eigenvalue weighted by atomic mass is 19.4. The molecule has 0 aliphatic heterocycles. The second-order valence-electron chi connectivity index (χ2n) is 3.46. The van der Waals surface area contributed by atoms with Crippen molar-refractivity contribution in [3.63, 3.8) is 0 Å². The molecule has 0 aromatic heterocycles. The molecule has 16 heavy (non-hydrogen) atoms. The summed E-state index contributed by atoms with van der Waals surface area (Å²) in [5.41, 5.74) is -1.51. The second kappa shape index (κ2) is 4.63. The van der Waals surface area contributed by atoms with Crippen LogP contribution in [0.5, 0.6) is 0 Å². The fourth-order valence-electron chi connectivity index (χ4n) is 1.39. The Balaban J connectivity index is 3.08. The smallest absolute Gasteiger partial charge is 0.300 e. The van der Waals surface area contributed by atoms with Crippen LogP contribution in [0.4, 0.5) is 17.6 Å². The van der Waals surface area contributed by atoms with Crippen molar-refractivity contribution in [3.8, 4) is 0 Å². The van der Waals surface area contributed by atoms with Gasteiger partial charge < -0.3 is 0 Å². The number of carbonyl (C=O) groups is 1. The largest absolute Gasteiger partial charge is 0.416 e. The van der Waals surface area contributed by atoms with Crippen LogP contribution in [0.25, 0.3) is 0 Å². The number of alkyl halides is 4. The minimum Gasteiger partial charge on any atom is -0.300 e. The first-order valence-corrected chi connectivity index (χ1v) is 4.62. The van der Waals surface area contributed by atoms with Gasteiger partial charge in [0.05, 0.1) is 5.56 Å². The summed E-state index contributed by atoms with van der Waals surface area (Å²) in [4.78, 5) is 10.7. The van der Waals surface area contributed by atoms with Crippen molar-refractivity contribution in [1.29, 1.82) is 0 Å². The number of rotatable bonds is 3. The van der Waals surface area contributed by atoms with Gasteiger partial charge in [-0.1, -0.05) is 18.2 Å². The molecule has 0 fully saturated rings. The molecule has 0 bridgehead atoms. The Morgan fingerprint density at radius 2 is 1.88 bits per heavy atom. The molecule has 88 valence electrons. The number of Topliss-reactive ketones (excluding diaryl/α,β-unsaturated/α-hetero) is 1. The number of carbonyl (C=O) groups excluding carboxylic acids is 1. The van der Waals surface area contributed by atoms with Gasteiger partial charge in [0.1, 0.15) is 12.0 Å². The lowest BCUT2D eigenvalue weighted by molar-refractivity contribution is -0.139. The molecule has 1 nitrogen and oxygen atoms in total. The molecule has 1 atom stereocenters. The molecule has 0 amide bonds. The minimum atomic E-state index is -4.60. The molecular weight excluding hydrogens is 224 g/mol. The molecule has 0 spiro atoms. The molecule has 1 rings (SSSR count). The van der Waals surface area contributed by atoms with Crippen molar-refractivity contribution in [2.75, 3.05) is 0 Å². The zero-order valence-electron chi connectivity index (χ0n) is 8.51. The van der Waals surface area contributed by atoms with E-state index < -0.39 is 35.7 Å². The van der Waals surface area contributed by atoms with Gasteiger partial charge in [0.15, 0.2) is 0 Å².